The summed E-state index contributed by atoms with van der Waals surface area (Å²) in [4.78, 5) is 47.6. The average Bonchev–Trinajstić information content (AvgIpc) is 3.82. The molecule has 12 atom stereocenters. The highest BCUT2D eigenvalue weighted by Crippen LogP contribution is 2.79. The molecule has 0 aromatic heterocycles. The summed E-state index contributed by atoms with van der Waals surface area (Å²) in [5.74, 6) is 3.12. The molecule has 9 aliphatic rings. The number of hydrogen-bond acceptors (Lipinski definition) is 8. The Morgan fingerprint density at radius 3 is 2.02 bits per heavy atom. The van der Waals surface area contributed by atoms with E-state index in [4.69, 9.17) is 14.2 Å². The molecule has 2 aliphatic heterocycles. The van der Waals surface area contributed by atoms with Crippen LogP contribution in [0.4, 0.5) is 0 Å². The third-order valence-electron chi connectivity index (χ3n) is 21.4. The molecule has 7 aliphatic carbocycles. The molecule has 2 heterocycles. The second-order valence-corrected chi connectivity index (χ2v) is 24.2. The first kappa shape index (κ1) is 42.6. The van der Waals surface area contributed by atoms with Crippen molar-refractivity contribution in [2.75, 3.05) is 65.6 Å². The molecule has 9 rings (SSSR count). The summed E-state index contributed by atoms with van der Waals surface area (Å²) < 4.78 is 17.4. The van der Waals surface area contributed by atoms with Crippen LogP contribution in [0.25, 0.3) is 0 Å². The minimum Gasteiger partial charge on any atom is -0.464 e. The van der Waals surface area contributed by atoms with Gasteiger partial charge in [-0.05, 0) is 154 Å². The molecular weight excluding hydrogens is 739 g/mol. The number of nitrogens with zero attached hydrogens (tertiary/aromatic N) is 3. The first-order valence-electron chi connectivity index (χ1n) is 24.6. The van der Waals surface area contributed by atoms with E-state index in [1.165, 1.54) is 57.8 Å². The van der Waals surface area contributed by atoms with Crippen LogP contribution in [0.15, 0.2) is 0 Å². The van der Waals surface area contributed by atoms with Gasteiger partial charge in [-0.15, -0.1) is 0 Å². The second kappa shape index (κ2) is 14.9. The number of piperazine rings is 1. The first-order chi connectivity index (χ1) is 27.9. The number of amides is 1. The minimum absolute atomic E-state index is 0.0944. The van der Waals surface area contributed by atoms with Gasteiger partial charge in [0.15, 0.2) is 0 Å². The lowest BCUT2D eigenvalue weighted by Gasteiger charge is -2.73. The first-order valence-corrected chi connectivity index (χ1v) is 24.6. The molecule has 0 unspecified atom stereocenters. The predicted molar refractivity (Wildman–Crippen MR) is 229 cm³/mol. The van der Waals surface area contributed by atoms with E-state index >= 15 is 4.79 Å². The van der Waals surface area contributed by atoms with Crippen molar-refractivity contribution in [3.05, 3.63) is 0 Å². The molecule has 0 spiro atoms. The molecule has 59 heavy (non-hydrogen) atoms. The maximum atomic E-state index is 15.3. The fourth-order valence-corrected chi connectivity index (χ4v) is 17.1. The van der Waals surface area contributed by atoms with Crippen molar-refractivity contribution in [1.29, 1.82) is 0 Å². The van der Waals surface area contributed by atoms with E-state index < -0.39 is 5.41 Å². The van der Waals surface area contributed by atoms with Gasteiger partial charge < -0.3 is 19.1 Å². The molecule has 0 radical (unpaired) electrons. The molecule has 1 amide bonds. The van der Waals surface area contributed by atoms with E-state index in [9.17, 15) is 9.59 Å². The Balaban J connectivity index is 0.901. The van der Waals surface area contributed by atoms with E-state index in [2.05, 4.69) is 56.2 Å². The molecule has 2 saturated heterocycles. The zero-order valence-electron chi connectivity index (χ0n) is 38.5. The van der Waals surface area contributed by atoms with Crippen molar-refractivity contribution in [3.8, 4) is 0 Å². The molecule has 9 nitrogen and oxygen atoms in total. The third kappa shape index (κ3) is 6.54. The number of rotatable bonds is 10. The van der Waals surface area contributed by atoms with Gasteiger partial charge in [0.25, 0.3) is 6.47 Å². The van der Waals surface area contributed by atoms with Gasteiger partial charge in [-0.25, -0.2) is 0 Å². The van der Waals surface area contributed by atoms with Gasteiger partial charge in [0, 0.05) is 50.1 Å². The van der Waals surface area contributed by atoms with Gasteiger partial charge in [0.2, 0.25) is 5.91 Å². The molecule has 0 aromatic carbocycles. The lowest BCUT2D eigenvalue weighted by atomic mass is 9.32. The van der Waals surface area contributed by atoms with Crippen molar-refractivity contribution >= 4 is 18.3 Å². The summed E-state index contributed by atoms with van der Waals surface area (Å²) in [5.41, 5.74) is 0.354. The van der Waals surface area contributed by atoms with Crippen molar-refractivity contribution in [2.24, 2.45) is 73.4 Å². The SMILES string of the molecule is CC1([C@@H]2CC[C@]3(C(=O)N4CCN(CCCN5CCOCC5)CC4)CC[C@]4(C)[C@H](CC[C@@H]5[C@@]6(C)CC[C@H](OC(=O)[C@H]7C[C@@H](OC=O)C7(C)C)C(C)(C)[C@@H]6CC[C@]54C)[C@@H]23)CC1. The highest BCUT2D eigenvalue weighted by molar-refractivity contribution is 5.84. The van der Waals surface area contributed by atoms with Gasteiger partial charge in [0.1, 0.15) is 12.2 Å². The molecule has 7 saturated carbocycles. The van der Waals surface area contributed by atoms with Crippen LogP contribution in [0.3, 0.4) is 0 Å². The molecule has 332 valence electrons. The Labute approximate surface area is 357 Å². The van der Waals surface area contributed by atoms with E-state index in [0.717, 1.165) is 91.3 Å². The van der Waals surface area contributed by atoms with Gasteiger partial charge in [0.05, 0.1) is 24.5 Å². The van der Waals surface area contributed by atoms with E-state index in [1.807, 2.05) is 13.8 Å². The summed E-state index contributed by atoms with van der Waals surface area (Å²) in [6.07, 6.45) is 15.7. The van der Waals surface area contributed by atoms with Crippen LogP contribution >= 0.6 is 0 Å². The standard InChI is InChI=1S/C50H81N3O6/c1-44(2)36(32-40(44)58-33-54)42(55)59-39-14-15-47(6)37(45(39,3)4)13-16-49(8)38(47)11-10-35-41-34(46(5)18-19-46)12-17-50(41,21-20-48(35,49)7)43(56)53-26-24-51(25-27-53)22-9-23-52-28-30-57-31-29-52/h33-41H,9-32H2,1-8H3/t34-,35-,36-,37+,38-,39+,40-,41-,47+,48-,49-,50+/m1/s1. The Morgan fingerprint density at radius 1 is 0.661 bits per heavy atom. The molecular formula is C50H81N3O6. The number of carbonyl (C=O) groups is 3. The largest absolute Gasteiger partial charge is 0.464 e. The number of carbonyl (C=O) groups excluding carboxylic acids is 3. The van der Waals surface area contributed by atoms with Gasteiger partial charge in [-0.3, -0.25) is 24.2 Å². The predicted octanol–water partition coefficient (Wildman–Crippen LogP) is 8.23. The summed E-state index contributed by atoms with van der Waals surface area (Å²) in [6.45, 7) is 30.0. The summed E-state index contributed by atoms with van der Waals surface area (Å²) in [5, 5.41) is 0. The zero-order chi connectivity index (χ0) is 41.8. The third-order valence-corrected chi connectivity index (χ3v) is 21.4. The Kier molecular flexibility index (Phi) is 10.8. The fourth-order valence-electron chi connectivity index (χ4n) is 17.1. The number of esters is 1. The second-order valence-electron chi connectivity index (χ2n) is 24.2. The van der Waals surface area contributed by atoms with Crippen LogP contribution in [0, 0.1) is 73.4 Å². The molecule has 9 heteroatoms. The van der Waals surface area contributed by atoms with Gasteiger partial charge >= 0.3 is 5.97 Å². The number of ether oxygens (including phenoxy) is 3. The van der Waals surface area contributed by atoms with Crippen LogP contribution in [0.2, 0.25) is 0 Å². The summed E-state index contributed by atoms with van der Waals surface area (Å²) in [7, 11) is 0. The van der Waals surface area contributed by atoms with E-state index in [1.54, 1.807) is 0 Å². The highest BCUT2D eigenvalue weighted by Gasteiger charge is 2.74. The van der Waals surface area contributed by atoms with Crippen LogP contribution in [0.1, 0.15) is 145 Å². The molecule has 0 bridgehead atoms. The fraction of sp³-hybridized carbons (Fsp3) is 0.940. The summed E-state index contributed by atoms with van der Waals surface area (Å²) >= 11 is 0. The minimum atomic E-state index is -0.401. The molecule has 0 N–H and O–H groups in total. The maximum Gasteiger partial charge on any atom is 0.310 e. The normalized spacial score (nSPS) is 46.1. The summed E-state index contributed by atoms with van der Waals surface area (Å²) in [6, 6.07) is 0. The smallest absolute Gasteiger partial charge is 0.310 e. The van der Waals surface area contributed by atoms with E-state index in [-0.39, 0.29) is 51.2 Å². The van der Waals surface area contributed by atoms with Crippen molar-refractivity contribution < 1.29 is 28.6 Å². The van der Waals surface area contributed by atoms with Crippen LogP contribution in [0.5, 0.6) is 0 Å². The Morgan fingerprint density at radius 2 is 1.36 bits per heavy atom. The van der Waals surface area contributed by atoms with Crippen molar-refractivity contribution in [3.63, 3.8) is 0 Å². The maximum absolute atomic E-state index is 15.3. The van der Waals surface area contributed by atoms with Crippen LogP contribution < -0.4 is 0 Å². The zero-order valence-corrected chi connectivity index (χ0v) is 38.5. The Hall–Kier alpha value is -1.71. The topological polar surface area (TPSA) is 88.6 Å². The van der Waals surface area contributed by atoms with Gasteiger partial charge in [-0.2, -0.15) is 0 Å². The molecule has 9 fully saturated rings. The van der Waals surface area contributed by atoms with Crippen molar-refractivity contribution in [2.45, 2.75) is 157 Å². The lowest BCUT2D eigenvalue weighted by molar-refractivity contribution is -0.253. The average molecular weight is 820 g/mol. The highest BCUT2D eigenvalue weighted by atomic mass is 16.6. The van der Waals surface area contributed by atoms with Crippen LogP contribution in [-0.2, 0) is 28.6 Å². The Bertz CT molecular complexity index is 1610. The van der Waals surface area contributed by atoms with Crippen molar-refractivity contribution in [1.82, 2.24) is 14.7 Å². The lowest BCUT2D eigenvalue weighted by Crippen LogP contribution is -2.68. The number of hydrogen-bond donors (Lipinski definition) is 0. The number of fused-ring (bicyclic) bond motifs is 7. The quantitative estimate of drug-likeness (QED) is 0.161. The van der Waals surface area contributed by atoms with Crippen LogP contribution in [-0.4, -0.2) is 111 Å². The molecule has 0 aromatic rings. The van der Waals surface area contributed by atoms with E-state index in [0.29, 0.717) is 53.8 Å². The number of morpholine rings is 1. The van der Waals surface area contributed by atoms with Gasteiger partial charge in [-0.1, -0.05) is 55.4 Å². The monoisotopic (exact) mass is 820 g/mol.